The van der Waals surface area contributed by atoms with Crippen LogP contribution in [0.25, 0.3) is 0 Å². The topological polar surface area (TPSA) is 124 Å². The molecule has 2 unspecified atom stereocenters. The molecule has 0 aromatic heterocycles. The zero-order chi connectivity index (χ0) is 19.7. The first-order valence-electron chi connectivity index (χ1n) is 8.44. The summed E-state index contributed by atoms with van der Waals surface area (Å²) in [5, 5.41) is 41.6. The monoisotopic (exact) mass is 370 g/mol. The fourth-order valence-corrected chi connectivity index (χ4v) is 4.07. The summed E-state index contributed by atoms with van der Waals surface area (Å²) in [5.74, 6) is -1.94. The highest BCUT2D eigenvalue weighted by Gasteiger charge is 2.41. The van der Waals surface area contributed by atoms with Gasteiger partial charge in [-0.15, -0.1) is 0 Å². The molecule has 0 radical (unpaired) electrons. The zero-order valence-corrected chi connectivity index (χ0v) is 14.7. The van der Waals surface area contributed by atoms with Crippen molar-refractivity contribution in [2.45, 2.75) is 31.5 Å². The molecule has 7 nitrogen and oxygen atoms in total. The molecule has 4 N–H and O–H groups in total. The Morgan fingerprint density at radius 1 is 1.07 bits per heavy atom. The van der Waals surface area contributed by atoms with Gasteiger partial charge in [-0.05, 0) is 24.6 Å². The smallest absolute Gasteiger partial charge is 0.201 e. The third kappa shape index (κ3) is 2.43. The molecule has 2 aliphatic rings. The third-order valence-corrected chi connectivity index (χ3v) is 5.23. The Morgan fingerprint density at radius 3 is 2.41 bits per heavy atom. The summed E-state index contributed by atoms with van der Waals surface area (Å²) in [7, 11) is 1.37. The number of phenolic OH excluding ortho intramolecular Hbond substituents is 2. The summed E-state index contributed by atoms with van der Waals surface area (Å²) in [6, 6.07) is 4.01. The van der Waals surface area contributed by atoms with Crippen LogP contribution in [0, 0.1) is 0 Å². The zero-order valence-electron chi connectivity index (χ0n) is 14.7. The van der Waals surface area contributed by atoms with E-state index in [1.54, 1.807) is 6.92 Å². The lowest BCUT2D eigenvalue weighted by Gasteiger charge is -2.35. The summed E-state index contributed by atoms with van der Waals surface area (Å²) < 4.78 is 5.05. The van der Waals surface area contributed by atoms with Crippen LogP contribution in [0.2, 0.25) is 0 Å². The Morgan fingerprint density at radius 2 is 1.74 bits per heavy atom. The number of aromatic hydroxyl groups is 2. The van der Waals surface area contributed by atoms with E-state index < -0.39 is 34.8 Å². The molecule has 4 rings (SSSR count). The van der Waals surface area contributed by atoms with Crippen LogP contribution < -0.4 is 4.74 Å². The second-order valence-electron chi connectivity index (χ2n) is 7.34. The Labute approximate surface area is 154 Å². The normalized spacial score (nSPS) is 23.5. The quantitative estimate of drug-likeness (QED) is 0.513. The SMILES string of the molecule is COc1cc(O)c2c(c1)C(=O)c1cc3c(c(O)c1C2=O)C(O)CC(C)(O)C3. The number of hydrogen-bond donors (Lipinski definition) is 4. The van der Waals surface area contributed by atoms with Gasteiger partial charge in [-0.1, -0.05) is 0 Å². The van der Waals surface area contributed by atoms with Gasteiger partial charge in [0.05, 0.1) is 29.9 Å². The maximum absolute atomic E-state index is 13.0. The number of ketones is 2. The molecule has 0 saturated carbocycles. The molecule has 2 atom stereocenters. The lowest BCUT2D eigenvalue weighted by Crippen LogP contribution is -2.35. The molecule has 0 saturated heterocycles. The van der Waals surface area contributed by atoms with Crippen molar-refractivity contribution >= 4 is 11.6 Å². The van der Waals surface area contributed by atoms with Crippen LogP contribution in [0.4, 0.5) is 0 Å². The van der Waals surface area contributed by atoms with E-state index in [4.69, 9.17) is 4.74 Å². The average molecular weight is 370 g/mol. The van der Waals surface area contributed by atoms with Crippen molar-refractivity contribution in [2.24, 2.45) is 0 Å². The predicted molar refractivity (Wildman–Crippen MR) is 93.5 cm³/mol. The van der Waals surface area contributed by atoms with Crippen molar-refractivity contribution in [3.8, 4) is 17.2 Å². The Bertz CT molecular complexity index is 1020. The molecule has 0 aliphatic heterocycles. The van der Waals surface area contributed by atoms with E-state index >= 15 is 0 Å². The number of hydrogen-bond acceptors (Lipinski definition) is 7. The lowest BCUT2D eigenvalue weighted by molar-refractivity contribution is -0.00831. The van der Waals surface area contributed by atoms with E-state index in [9.17, 15) is 30.0 Å². The van der Waals surface area contributed by atoms with E-state index in [1.807, 2.05) is 0 Å². The molecule has 2 aromatic rings. The van der Waals surface area contributed by atoms with Gasteiger partial charge in [-0.2, -0.15) is 0 Å². The second kappa shape index (κ2) is 5.55. The Kier molecular flexibility index (Phi) is 3.60. The number of aliphatic hydroxyl groups excluding tert-OH is 1. The molecule has 2 aromatic carbocycles. The lowest BCUT2D eigenvalue weighted by atomic mass is 9.74. The molecule has 27 heavy (non-hydrogen) atoms. The minimum Gasteiger partial charge on any atom is -0.507 e. The standard InChI is InChI=1S/C20H18O7/c1-20(26)6-8-3-10-16(18(24)14(8)13(22)7-20)19(25)15-11(17(10)23)4-9(27-2)5-12(15)21/h3-5,13,21-22,24,26H,6-7H2,1-2H3. The first-order valence-corrected chi connectivity index (χ1v) is 8.44. The number of fused-ring (bicyclic) bond motifs is 3. The summed E-state index contributed by atoms with van der Waals surface area (Å²) in [6.45, 7) is 1.56. The third-order valence-electron chi connectivity index (χ3n) is 5.23. The Balaban J connectivity index is 1.99. The van der Waals surface area contributed by atoms with Crippen LogP contribution in [-0.2, 0) is 6.42 Å². The number of benzene rings is 2. The highest BCUT2D eigenvalue weighted by Crippen LogP contribution is 2.46. The molecular weight excluding hydrogens is 352 g/mol. The van der Waals surface area contributed by atoms with Crippen molar-refractivity contribution in [3.63, 3.8) is 0 Å². The largest absolute Gasteiger partial charge is 0.507 e. The molecule has 0 spiro atoms. The number of methoxy groups -OCH3 is 1. The molecule has 0 fully saturated rings. The van der Waals surface area contributed by atoms with Gasteiger partial charge in [-0.25, -0.2) is 0 Å². The minimum absolute atomic E-state index is 0.00643. The first-order chi connectivity index (χ1) is 12.6. The number of rotatable bonds is 1. The van der Waals surface area contributed by atoms with Gasteiger partial charge in [0.25, 0.3) is 0 Å². The average Bonchev–Trinajstić information content (AvgIpc) is 2.56. The van der Waals surface area contributed by atoms with Gasteiger partial charge in [-0.3, -0.25) is 9.59 Å². The van der Waals surface area contributed by atoms with Crippen molar-refractivity contribution in [3.05, 3.63) is 51.6 Å². The van der Waals surface area contributed by atoms with E-state index in [2.05, 4.69) is 0 Å². The molecule has 2 aliphatic carbocycles. The number of ether oxygens (including phenoxy) is 1. The molecule has 0 amide bonds. The van der Waals surface area contributed by atoms with Crippen LogP contribution in [0.5, 0.6) is 17.2 Å². The fourth-order valence-electron chi connectivity index (χ4n) is 4.07. The highest BCUT2D eigenvalue weighted by atomic mass is 16.5. The van der Waals surface area contributed by atoms with Crippen LogP contribution >= 0.6 is 0 Å². The van der Waals surface area contributed by atoms with Gasteiger partial charge in [0.15, 0.2) is 5.78 Å². The van der Waals surface area contributed by atoms with Crippen molar-refractivity contribution in [1.29, 1.82) is 0 Å². The van der Waals surface area contributed by atoms with E-state index in [0.717, 1.165) is 0 Å². The second-order valence-corrected chi connectivity index (χ2v) is 7.34. The fraction of sp³-hybridized carbons (Fsp3) is 0.300. The van der Waals surface area contributed by atoms with E-state index in [1.165, 1.54) is 25.3 Å². The number of phenols is 2. The number of aliphatic hydroxyl groups is 2. The van der Waals surface area contributed by atoms with Crippen LogP contribution in [0.15, 0.2) is 18.2 Å². The van der Waals surface area contributed by atoms with Crippen molar-refractivity contribution < 1.29 is 34.8 Å². The van der Waals surface area contributed by atoms with E-state index in [0.29, 0.717) is 5.56 Å². The molecule has 0 heterocycles. The summed E-state index contributed by atoms with van der Waals surface area (Å²) in [5.41, 5.74) is -1.15. The van der Waals surface area contributed by atoms with Gasteiger partial charge in [0.2, 0.25) is 5.78 Å². The van der Waals surface area contributed by atoms with Crippen LogP contribution in [0.3, 0.4) is 0 Å². The van der Waals surface area contributed by atoms with E-state index in [-0.39, 0.29) is 46.4 Å². The van der Waals surface area contributed by atoms with Gasteiger partial charge in [0.1, 0.15) is 17.2 Å². The maximum atomic E-state index is 13.0. The summed E-state index contributed by atoms with van der Waals surface area (Å²) in [6.07, 6.45) is -1.06. The molecule has 140 valence electrons. The van der Waals surface area contributed by atoms with Gasteiger partial charge < -0.3 is 25.2 Å². The highest BCUT2D eigenvalue weighted by molar-refractivity contribution is 6.30. The predicted octanol–water partition coefficient (Wildman–Crippen LogP) is 1.61. The van der Waals surface area contributed by atoms with Gasteiger partial charge in [0, 0.05) is 35.6 Å². The summed E-state index contributed by atoms with van der Waals surface area (Å²) >= 11 is 0. The molecule has 0 bridgehead atoms. The molecule has 7 heteroatoms. The number of carbonyl (C=O) groups is 2. The molecular formula is C20H18O7. The first kappa shape index (κ1) is 17.5. The van der Waals surface area contributed by atoms with Crippen molar-refractivity contribution in [2.75, 3.05) is 7.11 Å². The maximum Gasteiger partial charge on any atom is 0.201 e. The van der Waals surface area contributed by atoms with Crippen LogP contribution in [0.1, 0.15) is 62.4 Å². The Hall–Kier alpha value is -2.90. The van der Waals surface area contributed by atoms with Gasteiger partial charge >= 0.3 is 0 Å². The minimum atomic E-state index is -1.20. The summed E-state index contributed by atoms with van der Waals surface area (Å²) in [4.78, 5) is 26.0. The van der Waals surface area contributed by atoms with Crippen molar-refractivity contribution in [1.82, 2.24) is 0 Å². The number of carbonyl (C=O) groups excluding carboxylic acids is 2. The van der Waals surface area contributed by atoms with Crippen LogP contribution in [-0.4, -0.2) is 44.7 Å².